The van der Waals surface area contributed by atoms with E-state index in [1.54, 1.807) is 4.90 Å². The predicted octanol–water partition coefficient (Wildman–Crippen LogP) is 1.78. The maximum Gasteiger partial charge on any atom is 0.272 e. The largest absolute Gasteiger partial charge is 0.391 e. The van der Waals surface area contributed by atoms with Gasteiger partial charge in [-0.25, -0.2) is 4.98 Å². The number of β-amino-alcohol motifs (C(OH)–C–C–N with tert-alkyl or cyclic N) is 1. The molecule has 5 heteroatoms. The molecular formula is C17H21N3O2. The molecule has 1 fully saturated rings. The number of nitrogens with zero attached hydrogens (tertiary/aromatic N) is 2. The zero-order chi connectivity index (χ0) is 15.5. The maximum absolute atomic E-state index is 12.3. The molecule has 2 aromatic rings. The monoisotopic (exact) mass is 299 g/mol. The first kappa shape index (κ1) is 14.8. The topological polar surface area (TPSA) is 69.2 Å². The molecule has 1 aromatic carbocycles. The number of amides is 1. The lowest BCUT2D eigenvalue weighted by Crippen LogP contribution is -2.47. The van der Waals surface area contributed by atoms with Gasteiger partial charge in [-0.2, -0.15) is 0 Å². The van der Waals surface area contributed by atoms with Crippen molar-refractivity contribution in [3.63, 3.8) is 0 Å². The van der Waals surface area contributed by atoms with E-state index >= 15 is 0 Å². The first-order valence-electron chi connectivity index (χ1n) is 7.65. The molecule has 1 aromatic heterocycles. The Morgan fingerprint density at radius 1 is 1.41 bits per heavy atom. The average Bonchev–Trinajstić information content (AvgIpc) is 3.05. The minimum absolute atomic E-state index is 0.0923. The van der Waals surface area contributed by atoms with Crippen LogP contribution >= 0.6 is 0 Å². The van der Waals surface area contributed by atoms with Crippen molar-refractivity contribution < 1.29 is 9.90 Å². The number of aromatic amines is 1. The fourth-order valence-corrected chi connectivity index (χ4v) is 2.97. The Labute approximate surface area is 130 Å². The number of likely N-dealkylation sites (tertiary alicyclic amines) is 1. The zero-order valence-electron chi connectivity index (χ0n) is 12.7. The summed E-state index contributed by atoms with van der Waals surface area (Å²) in [5.41, 5.74) is 2.96. The Morgan fingerprint density at radius 3 is 2.82 bits per heavy atom. The van der Waals surface area contributed by atoms with Crippen LogP contribution in [-0.4, -0.2) is 45.1 Å². The highest BCUT2D eigenvalue weighted by Crippen LogP contribution is 2.23. The molecule has 1 amide bonds. The molecule has 3 rings (SSSR count). The summed E-state index contributed by atoms with van der Waals surface area (Å²) in [6, 6.07) is 8.42. The number of hydrogen-bond acceptors (Lipinski definition) is 3. The number of aromatic nitrogens is 2. The molecule has 1 aliphatic rings. The van der Waals surface area contributed by atoms with Gasteiger partial charge in [-0.15, -0.1) is 0 Å². The van der Waals surface area contributed by atoms with E-state index in [-0.39, 0.29) is 11.8 Å². The van der Waals surface area contributed by atoms with Crippen LogP contribution in [0.1, 0.15) is 28.0 Å². The van der Waals surface area contributed by atoms with E-state index in [0.717, 1.165) is 12.8 Å². The molecule has 2 atom stereocenters. The van der Waals surface area contributed by atoms with Crippen LogP contribution in [0.15, 0.2) is 36.8 Å². The number of benzene rings is 1. The van der Waals surface area contributed by atoms with Gasteiger partial charge in [0.05, 0.1) is 18.6 Å². The van der Waals surface area contributed by atoms with E-state index in [9.17, 15) is 9.90 Å². The van der Waals surface area contributed by atoms with Crippen LogP contribution < -0.4 is 0 Å². The van der Waals surface area contributed by atoms with Crippen molar-refractivity contribution in [3.05, 3.63) is 53.6 Å². The minimum Gasteiger partial charge on any atom is -0.391 e. The van der Waals surface area contributed by atoms with Crippen LogP contribution in [-0.2, 0) is 6.42 Å². The highest BCUT2D eigenvalue weighted by molar-refractivity contribution is 5.92. The van der Waals surface area contributed by atoms with E-state index in [0.29, 0.717) is 18.8 Å². The molecule has 1 aliphatic heterocycles. The summed E-state index contributed by atoms with van der Waals surface area (Å²) >= 11 is 0. The number of piperidine rings is 1. The van der Waals surface area contributed by atoms with Crippen molar-refractivity contribution in [2.24, 2.45) is 5.92 Å². The van der Waals surface area contributed by atoms with Gasteiger partial charge in [0, 0.05) is 13.1 Å². The average molecular weight is 299 g/mol. The van der Waals surface area contributed by atoms with Gasteiger partial charge in [0.2, 0.25) is 0 Å². The van der Waals surface area contributed by atoms with Crippen molar-refractivity contribution in [2.45, 2.75) is 25.9 Å². The molecule has 2 heterocycles. The van der Waals surface area contributed by atoms with E-state index < -0.39 is 6.10 Å². The first-order chi connectivity index (χ1) is 10.6. The molecule has 0 radical (unpaired) electrons. The van der Waals surface area contributed by atoms with Crippen molar-refractivity contribution in [3.8, 4) is 0 Å². The number of rotatable bonds is 3. The van der Waals surface area contributed by atoms with Crippen LogP contribution in [0.25, 0.3) is 0 Å². The SMILES string of the molecule is Cc1ccc(C[C@H]2CCN(C(=O)c3cnc[nH]3)C[C@@H]2O)cc1. The molecule has 22 heavy (non-hydrogen) atoms. The standard InChI is InChI=1S/C17H21N3O2/c1-12-2-4-13(5-3-12)8-14-6-7-20(10-16(14)21)17(22)15-9-18-11-19-15/h2-5,9,11,14,16,21H,6-8,10H2,1H3,(H,18,19)/t14-,16+/m1/s1. The highest BCUT2D eigenvalue weighted by atomic mass is 16.3. The molecule has 2 N–H and O–H groups in total. The molecular weight excluding hydrogens is 278 g/mol. The second-order valence-electron chi connectivity index (χ2n) is 6.02. The lowest BCUT2D eigenvalue weighted by atomic mass is 9.87. The van der Waals surface area contributed by atoms with Gasteiger partial charge >= 0.3 is 0 Å². The van der Waals surface area contributed by atoms with Gasteiger partial charge in [0.1, 0.15) is 5.69 Å². The van der Waals surface area contributed by atoms with E-state index in [1.807, 2.05) is 0 Å². The number of hydrogen-bond donors (Lipinski definition) is 2. The number of imidazole rings is 1. The fourth-order valence-electron chi connectivity index (χ4n) is 2.97. The molecule has 0 unspecified atom stereocenters. The molecule has 0 aliphatic carbocycles. The molecule has 0 spiro atoms. The quantitative estimate of drug-likeness (QED) is 0.908. The van der Waals surface area contributed by atoms with E-state index in [2.05, 4.69) is 41.2 Å². The zero-order valence-corrected chi connectivity index (χ0v) is 12.7. The summed E-state index contributed by atoms with van der Waals surface area (Å²) in [4.78, 5) is 20.6. The van der Waals surface area contributed by atoms with E-state index in [4.69, 9.17) is 0 Å². The summed E-state index contributed by atoms with van der Waals surface area (Å²) < 4.78 is 0. The lowest BCUT2D eigenvalue weighted by molar-refractivity contribution is 0.0195. The lowest BCUT2D eigenvalue weighted by Gasteiger charge is -2.35. The Bertz CT molecular complexity index is 622. The van der Waals surface area contributed by atoms with Gasteiger partial charge in [-0.05, 0) is 31.2 Å². The number of aliphatic hydroxyl groups is 1. The van der Waals surface area contributed by atoms with Gasteiger partial charge in [-0.3, -0.25) is 4.79 Å². The Balaban J connectivity index is 1.60. The normalized spacial score (nSPS) is 21.8. The van der Waals surface area contributed by atoms with Crippen molar-refractivity contribution in [1.29, 1.82) is 0 Å². The molecule has 0 bridgehead atoms. The Hall–Kier alpha value is -2.14. The third kappa shape index (κ3) is 3.20. The van der Waals surface area contributed by atoms with Gasteiger partial charge in [0.15, 0.2) is 0 Å². The second kappa shape index (κ2) is 6.32. The third-order valence-corrected chi connectivity index (χ3v) is 4.36. The van der Waals surface area contributed by atoms with Crippen LogP contribution in [0, 0.1) is 12.8 Å². The number of aryl methyl sites for hydroxylation is 1. The van der Waals surface area contributed by atoms with Gasteiger partial charge in [-0.1, -0.05) is 29.8 Å². The number of carbonyl (C=O) groups is 1. The fraction of sp³-hybridized carbons (Fsp3) is 0.412. The number of aliphatic hydroxyl groups excluding tert-OH is 1. The summed E-state index contributed by atoms with van der Waals surface area (Å²) in [5, 5.41) is 10.4. The summed E-state index contributed by atoms with van der Waals surface area (Å²) in [6.07, 6.45) is 4.20. The Kier molecular flexibility index (Phi) is 4.24. The number of carbonyl (C=O) groups excluding carboxylic acids is 1. The summed E-state index contributed by atoms with van der Waals surface area (Å²) in [6.45, 7) is 3.12. The summed E-state index contributed by atoms with van der Waals surface area (Å²) in [5.74, 6) is 0.110. The minimum atomic E-state index is -0.484. The number of H-pyrrole nitrogens is 1. The molecule has 1 saturated heterocycles. The van der Waals surface area contributed by atoms with Crippen molar-refractivity contribution in [2.75, 3.05) is 13.1 Å². The van der Waals surface area contributed by atoms with Crippen LogP contribution in [0.2, 0.25) is 0 Å². The summed E-state index contributed by atoms with van der Waals surface area (Å²) in [7, 11) is 0. The van der Waals surface area contributed by atoms with Crippen LogP contribution in [0.5, 0.6) is 0 Å². The smallest absolute Gasteiger partial charge is 0.272 e. The van der Waals surface area contributed by atoms with Gasteiger partial charge in [0.25, 0.3) is 5.91 Å². The second-order valence-corrected chi connectivity index (χ2v) is 6.02. The van der Waals surface area contributed by atoms with Crippen LogP contribution in [0.3, 0.4) is 0 Å². The first-order valence-corrected chi connectivity index (χ1v) is 7.65. The third-order valence-electron chi connectivity index (χ3n) is 4.36. The predicted molar refractivity (Wildman–Crippen MR) is 83.5 cm³/mol. The van der Waals surface area contributed by atoms with Crippen molar-refractivity contribution >= 4 is 5.91 Å². The molecule has 5 nitrogen and oxygen atoms in total. The van der Waals surface area contributed by atoms with Crippen LogP contribution in [0.4, 0.5) is 0 Å². The molecule has 0 saturated carbocycles. The number of nitrogens with one attached hydrogen (secondary N) is 1. The molecule has 116 valence electrons. The Morgan fingerprint density at radius 2 is 2.18 bits per heavy atom. The van der Waals surface area contributed by atoms with E-state index in [1.165, 1.54) is 23.7 Å². The van der Waals surface area contributed by atoms with Crippen molar-refractivity contribution in [1.82, 2.24) is 14.9 Å². The van der Waals surface area contributed by atoms with Gasteiger partial charge < -0.3 is 15.0 Å². The maximum atomic E-state index is 12.3. The highest BCUT2D eigenvalue weighted by Gasteiger charge is 2.30.